The minimum atomic E-state index is -0.272. The van der Waals surface area contributed by atoms with E-state index in [1.165, 1.54) is 18.2 Å². The number of aromatic nitrogens is 2. The summed E-state index contributed by atoms with van der Waals surface area (Å²) in [7, 11) is 0. The first-order valence-corrected chi connectivity index (χ1v) is 8.62. The Bertz CT molecular complexity index is 987. The highest BCUT2D eigenvalue weighted by Crippen LogP contribution is 2.25. The second-order valence-electron chi connectivity index (χ2n) is 6.02. The molecule has 1 aliphatic heterocycles. The van der Waals surface area contributed by atoms with Gasteiger partial charge in [-0.3, -0.25) is 9.78 Å². The molecule has 1 N–H and O–H groups in total. The van der Waals surface area contributed by atoms with E-state index < -0.39 is 0 Å². The minimum absolute atomic E-state index is 0.00654. The van der Waals surface area contributed by atoms with Crippen molar-refractivity contribution in [3.05, 3.63) is 58.7 Å². The topological polar surface area (TPSA) is 75.6 Å². The number of fused-ring (bicyclic) bond motifs is 1. The lowest BCUT2D eigenvalue weighted by atomic mass is 10.0. The van der Waals surface area contributed by atoms with Crippen molar-refractivity contribution < 1.29 is 14.6 Å². The summed E-state index contributed by atoms with van der Waals surface area (Å²) in [6.45, 7) is 2.85. The number of hydrogen-bond donors (Lipinski definition) is 1. The van der Waals surface area contributed by atoms with E-state index in [4.69, 9.17) is 16.3 Å². The van der Waals surface area contributed by atoms with Gasteiger partial charge in [0.15, 0.2) is 5.78 Å². The molecule has 0 bridgehead atoms. The molecule has 0 saturated carbocycles. The highest BCUT2D eigenvalue weighted by molar-refractivity contribution is 6.35. The molecule has 1 aromatic heterocycles. The fraction of sp³-hybridized carbons (Fsp3) is 0.211. The van der Waals surface area contributed by atoms with E-state index in [0.29, 0.717) is 34.8 Å². The Morgan fingerprint density at radius 2 is 1.92 bits per heavy atom. The molecule has 1 fully saturated rings. The summed E-state index contributed by atoms with van der Waals surface area (Å²) in [5.41, 5.74) is 2.04. The van der Waals surface area contributed by atoms with Crippen molar-refractivity contribution in [2.45, 2.75) is 0 Å². The van der Waals surface area contributed by atoms with Gasteiger partial charge in [-0.15, -0.1) is 0 Å². The Labute approximate surface area is 155 Å². The van der Waals surface area contributed by atoms with Crippen LogP contribution in [-0.2, 0) is 4.74 Å². The number of ketones is 1. The van der Waals surface area contributed by atoms with Gasteiger partial charge in [-0.05, 0) is 36.4 Å². The first-order chi connectivity index (χ1) is 12.6. The highest BCUT2D eigenvalue weighted by Gasteiger charge is 2.16. The zero-order chi connectivity index (χ0) is 18.1. The summed E-state index contributed by atoms with van der Waals surface area (Å²) in [4.78, 5) is 24.0. The van der Waals surface area contributed by atoms with Gasteiger partial charge in [0, 0.05) is 24.2 Å². The van der Waals surface area contributed by atoms with Gasteiger partial charge >= 0.3 is 0 Å². The second kappa shape index (κ2) is 6.90. The van der Waals surface area contributed by atoms with Crippen molar-refractivity contribution in [1.82, 2.24) is 9.97 Å². The first-order valence-electron chi connectivity index (χ1n) is 8.24. The number of ether oxygens (including phenoxy) is 1. The molecule has 2 aromatic carbocycles. The molecule has 6 nitrogen and oxygen atoms in total. The molecule has 4 rings (SSSR count). The number of phenolic OH excluding ortho intramolecular Hbond substituents is 1. The van der Waals surface area contributed by atoms with Gasteiger partial charge in [0.05, 0.1) is 35.5 Å². The molecule has 132 valence electrons. The van der Waals surface area contributed by atoms with E-state index in [1.54, 1.807) is 24.4 Å². The van der Waals surface area contributed by atoms with Crippen molar-refractivity contribution >= 4 is 34.2 Å². The van der Waals surface area contributed by atoms with Crippen LogP contribution in [-0.4, -0.2) is 47.2 Å². The third-order valence-electron chi connectivity index (χ3n) is 4.32. The van der Waals surface area contributed by atoms with Crippen LogP contribution in [0, 0.1) is 0 Å². The summed E-state index contributed by atoms with van der Waals surface area (Å²) in [6, 6.07) is 9.46. The lowest BCUT2D eigenvalue weighted by Crippen LogP contribution is -2.36. The Kier molecular flexibility index (Phi) is 4.44. The predicted molar refractivity (Wildman–Crippen MR) is 99.1 cm³/mol. The molecule has 1 saturated heterocycles. The standard InChI is InChI=1S/C19H16ClN3O3/c20-15-3-2-13(24)10-14(15)19(25)12-1-4-16-17(9-12)22-18(11-21-16)23-5-7-26-8-6-23/h1-4,9-11,24H,5-8H2. The smallest absolute Gasteiger partial charge is 0.194 e. The van der Waals surface area contributed by atoms with Crippen LogP contribution >= 0.6 is 11.6 Å². The fourth-order valence-electron chi connectivity index (χ4n) is 2.93. The van der Waals surface area contributed by atoms with Gasteiger partial charge in [-0.25, -0.2) is 4.98 Å². The zero-order valence-electron chi connectivity index (χ0n) is 13.9. The fourth-order valence-corrected chi connectivity index (χ4v) is 3.13. The number of morpholine rings is 1. The number of phenols is 1. The average molecular weight is 370 g/mol. The van der Waals surface area contributed by atoms with Crippen molar-refractivity contribution in [3.63, 3.8) is 0 Å². The summed E-state index contributed by atoms with van der Waals surface area (Å²) < 4.78 is 5.36. The van der Waals surface area contributed by atoms with Gasteiger partial charge in [-0.2, -0.15) is 0 Å². The highest BCUT2D eigenvalue weighted by atomic mass is 35.5. The van der Waals surface area contributed by atoms with Crippen LogP contribution in [0.1, 0.15) is 15.9 Å². The number of halogens is 1. The number of hydrogen-bond acceptors (Lipinski definition) is 6. The van der Waals surface area contributed by atoms with E-state index in [1.807, 2.05) is 0 Å². The quantitative estimate of drug-likeness (QED) is 0.715. The Balaban J connectivity index is 1.71. The summed E-state index contributed by atoms with van der Waals surface area (Å²) in [5.74, 6) is 0.486. The molecule has 0 spiro atoms. The van der Waals surface area contributed by atoms with Gasteiger partial charge in [0.25, 0.3) is 0 Å². The number of carbonyl (C=O) groups is 1. The van der Waals surface area contributed by atoms with Crippen molar-refractivity contribution in [3.8, 4) is 5.75 Å². The SMILES string of the molecule is O=C(c1ccc2ncc(N3CCOCC3)nc2c1)c1cc(O)ccc1Cl. The molecule has 2 heterocycles. The Morgan fingerprint density at radius 1 is 1.12 bits per heavy atom. The zero-order valence-corrected chi connectivity index (χ0v) is 14.6. The summed E-state index contributed by atoms with van der Waals surface area (Å²) >= 11 is 6.11. The van der Waals surface area contributed by atoms with Crippen LogP contribution in [0.4, 0.5) is 5.82 Å². The predicted octanol–water partition coefficient (Wildman–Crippen LogP) is 3.06. The Morgan fingerprint density at radius 3 is 2.73 bits per heavy atom. The van der Waals surface area contributed by atoms with Crippen molar-refractivity contribution in [2.24, 2.45) is 0 Å². The van der Waals surface area contributed by atoms with Gasteiger partial charge in [0.2, 0.25) is 0 Å². The first kappa shape index (κ1) is 16.8. The maximum absolute atomic E-state index is 12.8. The molecule has 0 amide bonds. The maximum atomic E-state index is 12.8. The monoisotopic (exact) mass is 369 g/mol. The normalized spacial score (nSPS) is 14.6. The number of carbonyl (C=O) groups excluding carboxylic acids is 1. The van der Waals surface area contributed by atoms with Crippen LogP contribution in [0.3, 0.4) is 0 Å². The van der Waals surface area contributed by atoms with Crippen LogP contribution in [0.15, 0.2) is 42.6 Å². The van der Waals surface area contributed by atoms with Crippen molar-refractivity contribution in [2.75, 3.05) is 31.2 Å². The molecule has 7 heteroatoms. The number of rotatable bonds is 3. The third-order valence-corrected chi connectivity index (χ3v) is 4.65. The molecule has 3 aromatic rings. The molecular weight excluding hydrogens is 354 g/mol. The average Bonchev–Trinajstić information content (AvgIpc) is 2.69. The van der Waals surface area contributed by atoms with Crippen LogP contribution < -0.4 is 4.90 Å². The second-order valence-corrected chi connectivity index (χ2v) is 6.43. The van der Waals surface area contributed by atoms with E-state index in [0.717, 1.165) is 18.9 Å². The largest absolute Gasteiger partial charge is 0.508 e. The molecule has 0 atom stereocenters. The van der Waals surface area contributed by atoms with Gasteiger partial charge in [-0.1, -0.05) is 11.6 Å². The van der Waals surface area contributed by atoms with Crippen LogP contribution in [0.2, 0.25) is 5.02 Å². The van der Waals surface area contributed by atoms with Crippen LogP contribution in [0.5, 0.6) is 5.75 Å². The number of aromatic hydroxyl groups is 1. The van der Waals surface area contributed by atoms with Gasteiger partial charge < -0.3 is 14.7 Å². The molecular formula is C19H16ClN3O3. The molecule has 0 radical (unpaired) electrons. The summed E-state index contributed by atoms with van der Waals surface area (Å²) in [6.07, 6.45) is 1.74. The number of benzene rings is 2. The molecule has 0 aliphatic carbocycles. The van der Waals surface area contributed by atoms with E-state index in [9.17, 15) is 9.90 Å². The van der Waals surface area contributed by atoms with Crippen molar-refractivity contribution in [1.29, 1.82) is 0 Å². The number of anilines is 1. The molecule has 26 heavy (non-hydrogen) atoms. The molecule has 1 aliphatic rings. The van der Waals surface area contributed by atoms with Crippen LogP contribution in [0.25, 0.3) is 11.0 Å². The Hall–Kier alpha value is -2.70. The van der Waals surface area contributed by atoms with Gasteiger partial charge in [0.1, 0.15) is 11.6 Å². The maximum Gasteiger partial charge on any atom is 0.194 e. The lowest BCUT2D eigenvalue weighted by Gasteiger charge is -2.27. The van der Waals surface area contributed by atoms with E-state index >= 15 is 0 Å². The van der Waals surface area contributed by atoms with E-state index in [-0.39, 0.29) is 17.1 Å². The number of nitrogens with zero attached hydrogens (tertiary/aromatic N) is 3. The minimum Gasteiger partial charge on any atom is -0.508 e. The molecule has 0 unspecified atom stereocenters. The van der Waals surface area contributed by atoms with E-state index in [2.05, 4.69) is 14.9 Å². The third kappa shape index (κ3) is 3.21. The lowest BCUT2D eigenvalue weighted by molar-refractivity contribution is 0.103. The summed E-state index contributed by atoms with van der Waals surface area (Å²) in [5, 5.41) is 9.93.